The lowest BCUT2D eigenvalue weighted by atomic mass is 10.2. The summed E-state index contributed by atoms with van der Waals surface area (Å²) in [5, 5.41) is 1.39. The van der Waals surface area contributed by atoms with Gasteiger partial charge in [-0.3, -0.25) is 0 Å². The Labute approximate surface area is 167 Å². The number of furan rings is 1. The molecule has 8 nitrogen and oxygen atoms in total. The Morgan fingerprint density at radius 1 is 1.21 bits per heavy atom. The van der Waals surface area contributed by atoms with E-state index in [1.165, 1.54) is 0 Å². The molecule has 3 heterocycles. The molecule has 0 spiro atoms. The maximum atomic E-state index is 12.3. The zero-order valence-corrected chi connectivity index (χ0v) is 16.8. The molecule has 9 heteroatoms. The van der Waals surface area contributed by atoms with E-state index in [2.05, 4.69) is 9.97 Å². The van der Waals surface area contributed by atoms with E-state index < -0.39 is 5.60 Å². The van der Waals surface area contributed by atoms with Crippen LogP contribution in [0.1, 0.15) is 20.8 Å². The number of carbonyl (C=O) groups excluding carboxylic acids is 1. The van der Waals surface area contributed by atoms with Crippen LogP contribution in [0.3, 0.4) is 0 Å². The van der Waals surface area contributed by atoms with Crippen LogP contribution in [0.15, 0.2) is 22.6 Å². The number of nitrogen functional groups attached to an aromatic ring is 1. The van der Waals surface area contributed by atoms with Crippen molar-refractivity contribution < 1.29 is 13.9 Å². The first-order valence-corrected chi connectivity index (χ1v) is 9.47. The molecule has 1 amide bonds. The Morgan fingerprint density at radius 3 is 2.61 bits per heavy atom. The van der Waals surface area contributed by atoms with Crippen LogP contribution in [0.2, 0.25) is 5.02 Å². The fraction of sp³-hybridized carbons (Fsp3) is 0.421. The average Bonchev–Trinajstić information content (AvgIpc) is 2.97. The highest BCUT2D eigenvalue weighted by Crippen LogP contribution is 2.35. The van der Waals surface area contributed by atoms with Crippen molar-refractivity contribution in [2.75, 3.05) is 36.8 Å². The molecule has 1 aliphatic heterocycles. The van der Waals surface area contributed by atoms with Gasteiger partial charge in [0.2, 0.25) is 5.95 Å². The fourth-order valence-corrected chi connectivity index (χ4v) is 3.43. The average molecular weight is 404 g/mol. The molecule has 0 atom stereocenters. The van der Waals surface area contributed by atoms with Crippen LogP contribution in [0, 0.1) is 0 Å². The first-order valence-electron chi connectivity index (χ1n) is 9.09. The molecule has 28 heavy (non-hydrogen) atoms. The second kappa shape index (κ2) is 6.70. The summed E-state index contributed by atoms with van der Waals surface area (Å²) >= 11 is 6.12. The van der Waals surface area contributed by atoms with Gasteiger partial charge in [-0.05, 0) is 39.0 Å². The Kier molecular flexibility index (Phi) is 4.45. The van der Waals surface area contributed by atoms with Crippen molar-refractivity contribution in [2.24, 2.45) is 0 Å². The van der Waals surface area contributed by atoms with Crippen molar-refractivity contribution in [3.63, 3.8) is 0 Å². The van der Waals surface area contributed by atoms with Crippen LogP contribution in [-0.4, -0.2) is 52.7 Å². The van der Waals surface area contributed by atoms with Gasteiger partial charge in [0.15, 0.2) is 11.4 Å². The zero-order chi connectivity index (χ0) is 20.1. The minimum absolute atomic E-state index is 0.166. The third-order valence-electron chi connectivity index (χ3n) is 4.50. The van der Waals surface area contributed by atoms with E-state index in [-0.39, 0.29) is 12.0 Å². The number of rotatable bonds is 1. The maximum absolute atomic E-state index is 12.3. The van der Waals surface area contributed by atoms with Gasteiger partial charge < -0.3 is 24.7 Å². The Balaban J connectivity index is 1.62. The summed E-state index contributed by atoms with van der Waals surface area (Å²) in [6, 6.07) is 5.38. The Bertz CT molecular complexity index is 1050. The predicted octanol–water partition coefficient (Wildman–Crippen LogP) is 3.67. The quantitative estimate of drug-likeness (QED) is 0.661. The van der Waals surface area contributed by atoms with Crippen LogP contribution in [0.4, 0.5) is 16.6 Å². The summed E-state index contributed by atoms with van der Waals surface area (Å²) in [5.74, 6) is 0.790. The van der Waals surface area contributed by atoms with Gasteiger partial charge in [-0.1, -0.05) is 11.6 Å². The van der Waals surface area contributed by atoms with Crippen molar-refractivity contribution >= 4 is 51.5 Å². The van der Waals surface area contributed by atoms with Gasteiger partial charge in [-0.25, -0.2) is 9.78 Å². The number of nitrogens with zero attached hydrogens (tertiary/aromatic N) is 4. The number of ether oxygens (including phenoxy) is 1. The molecule has 2 N–H and O–H groups in total. The van der Waals surface area contributed by atoms with Gasteiger partial charge in [0.25, 0.3) is 0 Å². The van der Waals surface area contributed by atoms with E-state index in [1.54, 1.807) is 23.1 Å². The second-order valence-electron chi connectivity index (χ2n) is 7.78. The normalized spacial score (nSPS) is 15.4. The third kappa shape index (κ3) is 3.52. The number of aromatic nitrogens is 2. The van der Waals surface area contributed by atoms with Gasteiger partial charge in [0, 0.05) is 36.6 Å². The highest BCUT2D eigenvalue weighted by molar-refractivity contribution is 6.31. The van der Waals surface area contributed by atoms with Crippen LogP contribution in [-0.2, 0) is 4.74 Å². The number of piperazine rings is 1. The van der Waals surface area contributed by atoms with E-state index >= 15 is 0 Å². The number of hydrogen-bond donors (Lipinski definition) is 1. The number of halogens is 1. The fourth-order valence-electron chi connectivity index (χ4n) is 3.26. The van der Waals surface area contributed by atoms with Crippen molar-refractivity contribution in [3.8, 4) is 0 Å². The summed E-state index contributed by atoms with van der Waals surface area (Å²) in [6.07, 6.45) is -0.308. The van der Waals surface area contributed by atoms with E-state index in [4.69, 9.17) is 26.5 Å². The van der Waals surface area contributed by atoms with E-state index in [1.807, 2.05) is 25.7 Å². The van der Waals surface area contributed by atoms with Crippen LogP contribution in [0.5, 0.6) is 0 Å². The molecular weight excluding hydrogens is 382 g/mol. The number of carbonyl (C=O) groups is 1. The molecule has 148 valence electrons. The lowest BCUT2D eigenvalue weighted by Gasteiger charge is -2.36. The van der Waals surface area contributed by atoms with Crippen molar-refractivity contribution in [2.45, 2.75) is 26.4 Å². The molecule has 3 aromatic rings. The third-order valence-corrected chi connectivity index (χ3v) is 4.74. The van der Waals surface area contributed by atoms with Gasteiger partial charge in [0.1, 0.15) is 16.7 Å². The lowest BCUT2D eigenvalue weighted by molar-refractivity contribution is 0.0240. The monoisotopic (exact) mass is 403 g/mol. The van der Waals surface area contributed by atoms with Gasteiger partial charge in [-0.15, -0.1) is 0 Å². The van der Waals surface area contributed by atoms with Crippen LogP contribution < -0.4 is 10.6 Å². The zero-order valence-electron chi connectivity index (χ0n) is 16.0. The molecule has 2 aromatic heterocycles. The number of benzene rings is 1. The number of fused-ring (bicyclic) bond motifs is 3. The molecule has 1 aromatic carbocycles. The second-order valence-corrected chi connectivity index (χ2v) is 8.22. The highest BCUT2D eigenvalue weighted by Gasteiger charge is 2.28. The Hall–Kier alpha value is -2.74. The smallest absolute Gasteiger partial charge is 0.410 e. The van der Waals surface area contributed by atoms with E-state index in [9.17, 15) is 4.79 Å². The standard InChI is InChI=1S/C19H22ClN5O3/c1-19(2,3)28-18(26)25-8-6-24(7-9-25)16-15-14(22-17(21)23-16)12-10-11(20)4-5-13(12)27-15/h4-5,10H,6-9H2,1-3H3,(H2,21,22,23). The van der Waals surface area contributed by atoms with Gasteiger partial charge >= 0.3 is 6.09 Å². The molecular formula is C19H22ClN5O3. The molecule has 4 rings (SSSR count). The summed E-state index contributed by atoms with van der Waals surface area (Å²) in [6.45, 7) is 7.78. The minimum Gasteiger partial charge on any atom is -0.450 e. The summed E-state index contributed by atoms with van der Waals surface area (Å²) in [4.78, 5) is 24.8. The summed E-state index contributed by atoms with van der Waals surface area (Å²) in [5.41, 5.74) is 7.31. The van der Waals surface area contributed by atoms with Gasteiger partial charge in [0.05, 0.1) is 0 Å². The Morgan fingerprint density at radius 2 is 1.93 bits per heavy atom. The molecule has 1 fully saturated rings. The van der Waals surface area contributed by atoms with Crippen molar-refractivity contribution in [1.29, 1.82) is 0 Å². The molecule has 0 saturated carbocycles. The highest BCUT2D eigenvalue weighted by atomic mass is 35.5. The molecule has 1 saturated heterocycles. The summed E-state index contributed by atoms with van der Waals surface area (Å²) < 4.78 is 11.5. The summed E-state index contributed by atoms with van der Waals surface area (Å²) in [7, 11) is 0. The van der Waals surface area contributed by atoms with Crippen LogP contribution in [0.25, 0.3) is 22.1 Å². The molecule has 0 bridgehead atoms. The van der Waals surface area contributed by atoms with Crippen molar-refractivity contribution in [3.05, 3.63) is 23.2 Å². The number of hydrogen-bond acceptors (Lipinski definition) is 7. The number of amides is 1. The first kappa shape index (κ1) is 18.6. The largest absolute Gasteiger partial charge is 0.450 e. The molecule has 1 aliphatic rings. The molecule has 0 unspecified atom stereocenters. The first-order chi connectivity index (χ1) is 13.2. The van der Waals surface area contributed by atoms with Crippen molar-refractivity contribution in [1.82, 2.24) is 14.9 Å². The number of anilines is 2. The van der Waals surface area contributed by atoms with E-state index in [0.717, 1.165) is 5.39 Å². The maximum Gasteiger partial charge on any atom is 0.410 e. The number of nitrogens with two attached hydrogens (primary N) is 1. The minimum atomic E-state index is -0.517. The van der Waals surface area contributed by atoms with Gasteiger partial charge in [-0.2, -0.15) is 4.98 Å². The van der Waals surface area contributed by atoms with E-state index in [0.29, 0.717) is 53.7 Å². The molecule has 0 aliphatic carbocycles. The lowest BCUT2D eigenvalue weighted by Crippen LogP contribution is -2.50. The SMILES string of the molecule is CC(C)(C)OC(=O)N1CCN(c2nc(N)nc3c2oc2ccc(Cl)cc23)CC1. The predicted molar refractivity (Wildman–Crippen MR) is 109 cm³/mol. The topological polar surface area (TPSA) is 97.7 Å². The molecule has 0 radical (unpaired) electrons. The van der Waals surface area contributed by atoms with Crippen LogP contribution >= 0.6 is 11.6 Å².